The number of rotatable bonds is 3. The van der Waals surface area contributed by atoms with Crippen LogP contribution >= 0.6 is 0 Å². The van der Waals surface area contributed by atoms with Gasteiger partial charge >= 0.3 is 0 Å². The number of hydrogen-bond donors (Lipinski definition) is 2. The highest BCUT2D eigenvalue weighted by atomic mass is 16.2. The number of amides is 1. The van der Waals surface area contributed by atoms with Gasteiger partial charge in [-0.2, -0.15) is 0 Å². The summed E-state index contributed by atoms with van der Waals surface area (Å²) in [5.41, 5.74) is 0.397. The molecule has 1 saturated carbocycles. The third-order valence-corrected chi connectivity index (χ3v) is 3.55. The zero-order valence-electron chi connectivity index (χ0n) is 12.6. The molecule has 0 spiro atoms. The van der Waals surface area contributed by atoms with Crippen molar-refractivity contribution in [2.45, 2.75) is 38.1 Å². The van der Waals surface area contributed by atoms with Crippen molar-refractivity contribution < 1.29 is 9.90 Å². The number of aliphatic hydroxyl groups is 1. The fraction of sp³-hybridized carbons (Fsp3) is 0.467. The Balaban J connectivity index is 0.000000847. The van der Waals surface area contributed by atoms with Gasteiger partial charge in [0.05, 0.1) is 0 Å². The third kappa shape index (κ3) is 4.11. The molecule has 1 aliphatic carbocycles. The summed E-state index contributed by atoms with van der Waals surface area (Å²) in [6.45, 7) is 0. The molecule has 2 heterocycles. The Bertz CT molecular complexity index is 579. The number of aromatic nitrogens is 4. The van der Waals surface area contributed by atoms with E-state index in [1.165, 1.54) is 19.3 Å². The largest absolute Gasteiger partial charge is 0.400 e. The SMILES string of the molecule is CO.O=C(NC1CCCCC1)c1ccnc(-n2ccnc2)n1. The monoisotopic (exact) mass is 303 g/mol. The van der Waals surface area contributed by atoms with E-state index in [2.05, 4.69) is 20.3 Å². The first-order chi connectivity index (χ1) is 10.8. The van der Waals surface area contributed by atoms with Gasteiger partial charge in [0.1, 0.15) is 12.0 Å². The Morgan fingerprint density at radius 2 is 2.05 bits per heavy atom. The Kier molecular flexibility index (Phi) is 6.02. The predicted octanol–water partition coefficient (Wildman–Crippen LogP) is 1.33. The van der Waals surface area contributed by atoms with Gasteiger partial charge in [0, 0.05) is 31.7 Å². The first-order valence-corrected chi connectivity index (χ1v) is 7.40. The maximum absolute atomic E-state index is 12.2. The minimum atomic E-state index is -0.124. The lowest BCUT2D eigenvalue weighted by molar-refractivity contribution is 0.0922. The van der Waals surface area contributed by atoms with E-state index < -0.39 is 0 Å². The second-order valence-electron chi connectivity index (χ2n) is 5.02. The van der Waals surface area contributed by atoms with Gasteiger partial charge in [0.15, 0.2) is 0 Å². The van der Waals surface area contributed by atoms with Crippen molar-refractivity contribution in [1.29, 1.82) is 0 Å². The third-order valence-electron chi connectivity index (χ3n) is 3.55. The van der Waals surface area contributed by atoms with Crippen LogP contribution in [0.25, 0.3) is 5.95 Å². The highest BCUT2D eigenvalue weighted by Gasteiger charge is 2.17. The second-order valence-corrected chi connectivity index (χ2v) is 5.02. The Morgan fingerprint density at radius 1 is 1.27 bits per heavy atom. The van der Waals surface area contributed by atoms with Gasteiger partial charge in [0.25, 0.3) is 5.91 Å². The maximum Gasteiger partial charge on any atom is 0.270 e. The molecule has 1 fully saturated rings. The number of nitrogens with one attached hydrogen (secondary N) is 1. The molecular weight excluding hydrogens is 282 g/mol. The van der Waals surface area contributed by atoms with Crippen LogP contribution in [-0.4, -0.2) is 43.7 Å². The zero-order valence-corrected chi connectivity index (χ0v) is 12.6. The maximum atomic E-state index is 12.2. The average molecular weight is 303 g/mol. The van der Waals surface area contributed by atoms with Crippen LogP contribution < -0.4 is 5.32 Å². The van der Waals surface area contributed by atoms with E-state index in [1.807, 2.05) is 0 Å². The van der Waals surface area contributed by atoms with E-state index in [9.17, 15) is 4.79 Å². The summed E-state index contributed by atoms with van der Waals surface area (Å²) < 4.78 is 1.68. The smallest absolute Gasteiger partial charge is 0.270 e. The molecule has 0 aliphatic heterocycles. The molecular formula is C15H21N5O2. The van der Waals surface area contributed by atoms with Crippen molar-refractivity contribution in [3.05, 3.63) is 36.7 Å². The Morgan fingerprint density at radius 3 is 2.73 bits per heavy atom. The van der Waals surface area contributed by atoms with Gasteiger partial charge in [-0.1, -0.05) is 19.3 Å². The first-order valence-electron chi connectivity index (χ1n) is 7.40. The van der Waals surface area contributed by atoms with Gasteiger partial charge < -0.3 is 10.4 Å². The lowest BCUT2D eigenvalue weighted by atomic mass is 9.95. The summed E-state index contributed by atoms with van der Waals surface area (Å²) in [6, 6.07) is 1.92. The number of hydrogen-bond acceptors (Lipinski definition) is 5. The Hall–Kier alpha value is -2.28. The zero-order chi connectivity index (χ0) is 15.8. The molecule has 0 atom stereocenters. The summed E-state index contributed by atoms with van der Waals surface area (Å²) in [7, 11) is 1.00. The van der Waals surface area contributed by atoms with Gasteiger partial charge in [-0.3, -0.25) is 9.36 Å². The topological polar surface area (TPSA) is 92.9 Å². The number of carbonyl (C=O) groups excluding carboxylic acids is 1. The summed E-state index contributed by atoms with van der Waals surface area (Å²) >= 11 is 0. The lowest BCUT2D eigenvalue weighted by Gasteiger charge is -2.22. The van der Waals surface area contributed by atoms with E-state index >= 15 is 0 Å². The van der Waals surface area contributed by atoms with Crippen LogP contribution in [0.2, 0.25) is 0 Å². The van der Waals surface area contributed by atoms with Gasteiger partial charge in [-0.15, -0.1) is 0 Å². The summed E-state index contributed by atoms with van der Waals surface area (Å²) in [5.74, 6) is 0.333. The van der Waals surface area contributed by atoms with Crippen LogP contribution in [0.15, 0.2) is 31.0 Å². The molecule has 2 aromatic heterocycles. The molecule has 0 saturated heterocycles. The predicted molar refractivity (Wildman–Crippen MR) is 81.6 cm³/mol. The number of aliphatic hydroxyl groups excluding tert-OH is 1. The fourth-order valence-electron chi connectivity index (χ4n) is 2.48. The van der Waals surface area contributed by atoms with E-state index in [-0.39, 0.29) is 11.9 Å². The van der Waals surface area contributed by atoms with Crippen LogP contribution in [0.4, 0.5) is 0 Å². The molecule has 118 valence electrons. The van der Waals surface area contributed by atoms with Crippen LogP contribution in [0.3, 0.4) is 0 Å². The van der Waals surface area contributed by atoms with Crippen LogP contribution in [0.5, 0.6) is 0 Å². The quantitative estimate of drug-likeness (QED) is 0.892. The highest BCUT2D eigenvalue weighted by Crippen LogP contribution is 2.17. The number of imidazole rings is 1. The summed E-state index contributed by atoms with van der Waals surface area (Å²) in [6.07, 6.45) is 12.4. The van der Waals surface area contributed by atoms with Crippen LogP contribution in [0.1, 0.15) is 42.6 Å². The molecule has 7 heteroatoms. The van der Waals surface area contributed by atoms with Crippen molar-refractivity contribution in [2.24, 2.45) is 0 Å². The van der Waals surface area contributed by atoms with Gasteiger partial charge in [-0.05, 0) is 18.9 Å². The molecule has 1 aliphatic rings. The lowest BCUT2D eigenvalue weighted by Crippen LogP contribution is -2.36. The number of carbonyl (C=O) groups is 1. The van der Waals surface area contributed by atoms with Crippen LogP contribution in [-0.2, 0) is 0 Å². The molecule has 0 unspecified atom stereocenters. The van der Waals surface area contributed by atoms with E-state index in [0.717, 1.165) is 20.0 Å². The molecule has 22 heavy (non-hydrogen) atoms. The minimum absolute atomic E-state index is 0.124. The average Bonchev–Trinajstić information content (AvgIpc) is 3.12. The molecule has 1 amide bonds. The van der Waals surface area contributed by atoms with E-state index in [0.29, 0.717) is 11.6 Å². The Labute approximate surface area is 129 Å². The minimum Gasteiger partial charge on any atom is -0.400 e. The van der Waals surface area contributed by atoms with Crippen LogP contribution in [0, 0.1) is 0 Å². The standard InChI is InChI=1S/C14H17N5O.CH4O/c20-13(17-11-4-2-1-3-5-11)12-6-7-16-14(18-12)19-9-8-15-10-19;1-2/h6-11H,1-5H2,(H,17,20);2H,1H3. The molecule has 0 aromatic carbocycles. The first kappa shape index (κ1) is 16.1. The molecule has 3 rings (SSSR count). The van der Waals surface area contributed by atoms with Crippen molar-refractivity contribution >= 4 is 5.91 Å². The fourth-order valence-corrected chi connectivity index (χ4v) is 2.48. The summed E-state index contributed by atoms with van der Waals surface area (Å²) in [5, 5.41) is 10.1. The van der Waals surface area contributed by atoms with Gasteiger partial charge in [-0.25, -0.2) is 15.0 Å². The highest BCUT2D eigenvalue weighted by molar-refractivity contribution is 5.92. The van der Waals surface area contributed by atoms with E-state index in [4.69, 9.17) is 5.11 Å². The van der Waals surface area contributed by atoms with Crippen molar-refractivity contribution in [3.8, 4) is 5.95 Å². The molecule has 2 N–H and O–H groups in total. The van der Waals surface area contributed by atoms with Crippen molar-refractivity contribution in [2.75, 3.05) is 7.11 Å². The number of nitrogens with zero attached hydrogens (tertiary/aromatic N) is 4. The molecule has 7 nitrogen and oxygen atoms in total. The van der Waals surface area contributed by atoms with Crippen molar-refractivity contribution in [3.63, 3.8) is 0 Å². The molecule has 2 aromatic rings. The summed E-state index contributed by atoms with van der Waals surface area (Å²) in [4.78, 5) is 24.6. The molecule has 0 bridgehead atoms. The normalized spacial score (nSPS) is 14.8. The molecule has 0 radical (unpaired) electrons. The second kappa shape index (κ2) is 8.23. The van der Waals surface area contributed by atoms with Crippen molar-refractivity contribution in [1.82, 2.24) is 24.8 Å². The van der Waals surface area contributed by atoms with E-state index in [1.54, 1.807) is 35.6 Å². The van der Waals surface area contributed by atoms with Gasteiger partial charge in [0.2, 0.25) is 5.95 Å².